The number of ether oxygens (including phenoxy) is 2. The predicted octanol–water partition coefficient (Wildman–Crippen LogP) is 2.74. The van der Waals surface area contributed by atoms with Crippen molar-refractivity contribution in [2.75, 3.05) is 39.9 Å². The maximum Gasteiger partial charge on any atom is 0.409 e. The lowest BCUT2D eigenvalue weighted by molar-refractivity contribution is 0.0776. The first-order valence-electron chi connectivity index (χ1n) is 9.08. The summed E-state index contributed by atoms with van der Waals surface area (Å²) in [5.41, 5.74) is 2.55. The molecule has 0 bridgehead atoms. The first-order chi connectivity index (χ1) is 13.1. The molecule has 2 aromatic rings. The summed E-state index contributed by atoms with van der Waals surface area (Å²) in [5.74, 6) is 0.812. The van der Waals surface area contributed by atoms with Gasteiger partial charge in [-0.25, -0.2) is 9.78 Å². The average Bonchev–Trinajstić information content (AvgIpc) is 2.70. The van der Waals surface area contributed by atoms with Crippen molar-refractivity contribution >= 4 is 6.09 Å². The minimum absolute atomic E-state index is 0.258. The summed E-state index contributed by atoms with van der Waals surface area (Å²) in [7, 11) is 1.59. The van der Waals surface area contributed by atoms with Crippen molar-refractivity contribution in [2.45, 2.75) is 13.5 Å². The molecule has 0 spiro atoms. The molecule has 0 aliphatic carbocycles. The Labute approximate surface area is 159 Å². The van der Waals surface area contributed by atoms with Crippen LogP contribution in [-0.4, -0.2) is 65.9 Å². The number of hydrogen-bond acceptors (Lipinski definition) is 6. The standard InChI is InChI=1S/C20H25N3O4/c1-3-27-20(25)23-11-9-22(10-12-23)14-16-13-15(7-8-18(16)24)17-5-4-6-19(21-17)26-2/h4-8,13,24H,3,9-12,14H2,1-2H3. The van der Waals surface area contributed by atoms with E-state index in [2.05, 4.69) is 9.88 Å². The maximum absolute atomic E-state index is 11.8. The summed E-state index contributed by atoms with van der Waals surface area (Å²) in [6.07, 6.45) is -0.258. The van der Waals surface area contributed by atoms with Gasteiger partial charge in [0, 0.05) is 49.9 Å². The van der Waals surface area contributed by atoms with E-state index in [0.29, 0.717) is 32.1 Å². The van der Waals surface area contributed by atoms with Crippen LogP contribution in [0.25, 0.3) is 11.3 Å². The average molecular weight is 371 g/mol. The molecule has 0 atom stereocenters. The zero-order valence-electron chi connectivity index (χ0n) is 15.7. The van der Waals surface area contributed by atoms with Crippen LogP contribution in [0.4, 0.5) is 4.79 Å². The second-order valence-electron chi connectivity index (χ2n) is 6.37. The van der Waals surface area contributed by atoms with Gasteiger partial charge in [-0.15, -0.1) is 0 Å². The maximum atomic E-state index is 11.8. The van der Waals surface area contributed by atoms with Gasteiger partial charge in [-0.1, -0.05) is 6.07 Å². The van der Waals surface area contributed by atoms with Crippen molar-refractivity contribution in [1.29, 1.82) is 0 Å². The molecule has 1 saturated heterocycles. The SMILES string of the molecule is CCOC(=O)N1CCN(Cc2cc(-c3cccc(OC)n3)ccc2O)CC1. The summed E-state index contributed by atoms with van der Waals surface area (Å²) >= 11 is 0. The van der Waals surface area contributed by atoms with E-state index in [1.165, 1.54) is 0 Å². The number of pyridine rings is 1. The first-order valence-corrected chi connectivity index (χ1v) is 9.08. The highest BCUT2D eigenvalue weighted by atomic mass is 16.6. The number of piperazine rings is 1. The third-order valence-corrected chi connectivity index (χ3v) is 4.60. The van der Waals surface area contributed by atoms with Crippen LogP contribution in [0, 0.1) is 0 Å². The number of carbonyl (C=O) groups excluding carboxylic acids is 1. The second kappa shape index (κ2) is 8.73. The van der Waals surface area contributed by atoms with Crippen LogP contribution < -0.4 is 4.74 Å². The number of phenols is 1. The topological polar surface area (TPSA) is 75.1 Å². The summed E-state index contributed by atoms with van der Waals surface area (Å²) in [6.45, 7) is 5.52. The van der Waals surface area contributed by atoms with Crippen LogP contribution in [0.15, 0.2) is 36.4 Å². The third-order valence-electron chi connectivity index (χ3n) is 4.60. The van der Waals surface area contributed by atoms with Crippen LogP contribution in [0.1, 0.15) is 12.5 Å². The third kappa shape index (κ3) is 4.68. The molecule has 1 fully saturated rings. The molecular formula is C20H25N3O4. The Morgan fingerprint density at radius 1 is 1.19 bits per heavy atom. The van der Waals surface area contributed by atoms with Crippen molar-refractivity contribution in [2.24, 2.45) is 0 Å². The number of methoxy groups -OCH3 is 1. The number of nitrogens with zero attached hydrogens (tertiary/aromatic N) is 3. The molecule has 1 aliphatic heterocycles. The lowest BCUT2D eigenvalue weighted by Gasteiger charge is -2.34. The fourth-order valence-corrected chi connectivity index (χ4v) is 3.10. The van der Waals surface area contributed by atoms with Gasteiger partial charge in [-0.2, -0.15) is 0 Å². The minimum atomic E-state index is -0.258. The molecule has 144 valence electrons. The van der Waals surface area contributed by atoms with Gasteiger partial charge in [0.15, 0.2) is 0 Å². The smallest absolute Gasteiger partial charge is 0.409 e. The number of amides is 1. The van der Waals surface area contributed by atoms with Gasteiger partial charge < -0.3 is 19.5 Å². The van der Waals surface area contributed by atoms with E-state index in [1.807, 2.05) is 24.3 Å². The van der Waals surface area contributed by atoms with Crippen molar-refractivity contribution in [3.05, 3.63) is 42.0 Å². The Morgan fingerprint density at radius 3 is 2.67 bits per heavy atom. The molecule has 0 saturated carbocycles. The number of aromatic nitrogens is 1. The van der Waals surface area contributed by atoms with Crippen LogP contribution in [-0.2, 0) is 11.3 Å². The van der Waals surface area contributed by atoms with E-state index < -0.39 is 0 Å². The highest BCUT2D eigenvalue weighted by molar-refractivity contribution is 5.67. The second-order valence-corrected chi connectivity index (χ2v) is 6.37. The van der Waals surface area contributed by atoms with Gasteiger partial charge >= 0.3 is 6.09 Å². The van der Waals surface area contributed by atoms with Gasteiger partial charge in [-0.05, 0) is 31.2 Å². The highest BCUT2D eigenvalue weighted by Gasteiger charge is 2.22. The number of aromatic hydroxyl groups is 1. The Balaban J connectivity index is 1.68. The number of hydrogen-bond donors (Lipinski definition) is 1. The van der Waals surface area contributed by atoms with Crippen molar-refractivity contribution < 1.29 is 19.4 Å². The monoisotopic (exact) mass is 371 g/mol. The fourth-order valence-electron chi connectivity index (χ4n) is 3.10. The van der Waals surface area contributed by atoms with Gasteiger partial charge in [0.05, 0.1) is 19.4 Å². The van der Waals surface area contributed by atoms with E-state index in [0.717, 1.165) is 29.9 Å². The summed E-state index contributed by atoms with van der Waals surface area (Å²) < 4.78 is 10.2. The van der Waals surface area contributed by atoms with Gasteiger partial charge in [0.1, 0.15) is 5.75 Å². The van der Waals surface area contributed by atoms with Crippen LogP contribution >= 0.6 is 0 Å². The molecule has 1 aliphatic rings. The Kier molecular flexibility index (Phi) is 6.13. The number of benzene rings is 1. The summed E-state index contributed by atoms with van der Waals surface area (Å²) in [5, 5.41) is 10.3. The first kappa shape index (κ1) is 19.0. The van der Waals surface area contributed by atoms with Crippen molar-refractivity contribution in [1.82, 2.24) is 14.8 Å². The van der Waals surface area contributed by atoms with E-state index in [4.69, 9.17) is 9.47 Å². The quantitative estimate of drug-likeness (QED) is 0.871. The predicted molar refractivity (Wildman–Crippen MR) is 102 cm³/mol. The number of rotatable bonds is 5. The molecule has 1 aromatic heterocycles. The van der Waals surface area contributed by atoms with Gasteiger partial charge in [0.2, 0.25) is 5.88 Å². The minimum Gasteiger partial charge on any atom is -0.508 e. The molecule has 1 aromatic carbocycles. The van der Waals surface area contributed by atoms with Crippen molar-refractivity contribution in [3.8, 4) is 22.9 Å². The number of carbonyl (C=O) groups is 1. The zero-order chi connectivity index (χ0) is 19.2. The Hall–Kier alpha value is -2.80. The van der Waals surface area contributed by atoms with Gasteiger partial charge in [-0.3, -0.25) is 4.90 Å². The van der Waals surface area contributed by atoms with Crippen molar-refractivity contribution in [3.63, 3.8) is 0 Å². The molecule has 1 N–H and O–H groups in total. The molecule has 1 amide bonds. The van der Waals surface area contributed by atoms with E-state index >= 15 is 0 Å². The highest BCUT2D eigenvalue weighted by Crippen LogP contribution is 2.27. The lowest BCUT2D eigenvalue weighted by atomic mass is 10.1. The molecule has 7 nitrogen and oxygen atoms in total. The Morgan fingerprint density at radius 2 is 1.96 bits per heavy atom. The molecule has 2 heterocycles. The zero-order valence-corrected chi connectivity index (χ0v) is 15.7. The van der Waals surface area contributed by atoms with Crippen LogP contribution in [0.3, 0.4) is 0 Å². The molecule has 0 unspecified atom stereocenters. The van der Waals surface area contributed by atoms with E-state index in [-0.39, 0.29) is 11.8 Å². The van der Waals surface area contributed by atoms with E-state index in [9.17, 15) is 9.90 Å². The number of phenolic OH excluding ortho intramolecular Hbond substituents is 1. The van der Waals surface area contributed by atoms with E-state index in [1.54, 1.807) is 31.1 Å². The van der Waals surface area contributed by atoms with Gasteiger partial charge in [0.25, 0.3) is 0 Å². The largest absolute Gasteiger partial charge is 0.508 e. The van der Waals surface area contributed by atoms with Crippen LogP contribution in [0.2, 0.25) is 0 Å². The molecular weight excluding hydrogens is 346 g/mol. The Bertz CT molecular complexity index is 789. The van der Waals surface area contributed by atoms with Crippen LogP contribution in [0.5, 0.6) is 11.6 Å². The fraction of sp³-hybridized carbons (Fsp3) is 0.400. The molecule has 7 heteroatoms. The summed E-state index contributed by atoms with van der Waals surface area (Å²) in [6, 6.07) is 11.1. The normalized spacial score (nSPS) is 14.8. The molecule has 27 heavy (non-hydrogen) atoms. The lowest BCUT2D eigenvalue weighted by Crippen LogP contribution is -2.48. The summed E-state index contributed by atoms with van der Waals surface area (Å²) in [4.78, 5) is 20.2. The molecule has 3 rings (SSSR count). The molecule has 0 radical (unpaired) electrons.